The van der Waals surface area contributed by atoms with Gasteiger partial charge in [0.15, 0.2) is 20.2 Å². The molecule has 3 aliphatic rings. The molecule has 8 nitrogen and oxygen atoms in total. The van der Waals surface area contributed by atoms with Crippen LogP contribution in [0.4, 0.5) is 0 Å². The highest BCUT2D eigenvalue weighted by molar-refractivity contribution is 14.1. The Bertz CT molecular complexity index is 882. The Hall–Kier alpha value is -0.793. The van der Waals surface area contributed by atoms with Crippen molar-refractivity contribution in [1.82, 2.24) is 0 Å². The first-order chi connectivity index (χ1) is 16.6. The topological polar surface area (TPSA) is 101 Å². The first kappa shape index (κ1) is 29.8. The minimum Gasteiger partial charge on any atom is -0.486 e. The SMILES string of the molecule is C=C(I)C[C@H](C)C(=O)/C=C1\OC2C(O[C@H]3CCC(CC(=O)OC)O[C@@H]3C2O[Si](C)(C)C(C)(C)C)C1O. The van der Waals surface area contributed by atoms with Crippen molar-refractivity contribution in [3.8, 4) is 0 Å². The van der Waals surface area contributed by atoms with Gasteiger partial charge in [-0.3, -0.25) is 9.59 Å². The van der Waals surface area contributed by atoms with E-state index < -0.39 is 38.8 Å². The fourth-order valence-corrected chi connectivity index (χ4v) is 6.62. The Labute approximate surface area is 229 Å². The van der Waals surface area contributed by atoms with E-state index in [0.717, 1.165) is 3.58 Å². The number of halogens is 1. The quantitative estimate of drug-likeness (QED) is 0.181. The van der Waals surface area contributed by atoms with Gasteiger partial charge in [-0.05, 0) is 63.6 Å². The van der Waals surface area contributed by atoms with Crippen LogP contribution < -0.4 is 0 Å². The molecule has 204 valence electrons. The molecule has 0 aromatic heterocycles. The third-order valence-electron chi connectivity index (χ3n) is 7.82. The van der Waals surface area contributed by atoms with Crippen LogP contribution in [0, 0.1) is 5.92 Å². The summed E-state index contributed by atoms with van der Waals surface area (Å²) < 4.78 is 31.5. The van der Waals surface area contributed by atoms with E-state index >= 15 is 0 Å². The number of ether oxygens (including phenoxy) is 4. The van der Waals surface area contributed by atoms with Crippen molar-refractivity contribution >= 4 is 42.7 Å². The molecule has 0 aromatic rings. The molecular weight excluding hydrogens is 595 g/mol. The first-order valence-electron chi connectivity index (χ1n) is 12.6. The molecule has 0 bridgehead atoms. The number of rotatable bonds is 8. The Morgan fingerprint density at radius 3 is 2.47 bits per heavy atom. The number of aliphatic hydroxyl groups is 1. The first-order valence-corrected chi connectivity index (χ1v) is 16.6. The molecule has 5 unspecified atom stereocenters. The van der Waals surface area contributed by atoms with Gasteiger partial charge >= 0.3 is 5.97 Å². The van der Waals surface area contributed by atoms with Gasteiger partial charge in [0.1, 0.15) is 30.2 Å². The third kappa shape index (κ3) is 6.61. The van der Waals surface area contributed by atoms with Gasteiger partial charge in [0, 0.05) is 12.0 Å². The maximum atomic E-state index is 12.8. The predicted octanol–water partition coefficient (Wildman–Crippen LogP) is 4.44. The van der Waals surface area contributed by atoms with Crippen molar-refractivity contribution in [2.75, 3.05) is 7.11 Å². The average Bonchev–Trinajstić information content (AvgIpc) is 3.07. The molecule has 3 aliphatic heterocycles. The molecule has 3 heterocycles. The number of aliphatic hydroxyl groups excluding tert-OH is 1. The summed E-state index contributed by atoms with van der Waals surface area (Å²) in [5, 5.41) is 11.1. The van der Waals surface area contributed by atoms with Gasteiger partial charge < -0.3 is 28.5 Å². The summed E-state index contributed by atoms with van der Waals surface area (Å²) in [4.78, 5) is 24.7. The molecule has 0 radical (unpaired) electrons. The second-order valence-corrected chi connectivity index (χ2v) is 17.9. The van der Waals surface area contributed by atoms with E-state index in [0.29, 0.717) is 19.3 Å². The van der Waals surface area contributed by atoms with Crippen LogP contribution in [-0.4, -0.2) is 75.0 Å². The summed E-state index contributed by atoms with van der Waals surface area (Å²) in [6.07, 6.45) is -0.593. The molecule has 0 saturated carbocycles. The van der Waals surface area contributed by atoms with Crippen molar-refractivity contribution in [3.05, 3.63) is 22.0 Å². The van der Waals surface area contributed by atoms with Crippen molar-refractivity contribution < 1.29 is 38.1 Å². The van der Waals surface area contributed by atoms with Crippen molar-refractivity contribution in [2.45, 2.75) is 114 Å². The van der Waals surface area contributed by atoms with E-state index in [9.17, 15) is 14.7 Å². The van der Waals surface area contributed by atoms with Gasteiger partial charge in [0.2, 0.25) is 0 Å². The van der Waals surface area contributed by atoms with E-state index in [1.807, 2.05) is 6.92 Å². The molecule has 8 atom stereocenters. The molecule has 0 amide bonds. The predicted molar refractivity (Wildman–Crippen MR) is 146 cm³/mol. The third-order valence-corrected chi connectivity index (χ3v) is 12.7. The van der Waals surface area contributed by atoms with Gasteiger partial charge in [-0.1, -0.05) is 34.3 Å². The highest BCUT2D eigenvalue weighted by Crippen LogP contribution is 2.45. The maximum absolute atomic E-state index is 12.8. The zero-order valence-corrected chi connectivity index (χ0v) is 25.6. The summed E-state index contributed by atoms with van der Waals surface area (Å²) in [7, 11) is -0.921. The van der Waals surface area contributed by atoms with Crippen LogP contribution in [0.3, 0.4) is 0 Å². The molecule has 36 heavy (non-hydrogen) atoms. The smallest absolute Gasteiger partial charge is 0.308 e. The Morgan fingerprint density at radius 2 is 1.89 bits per heavy atom. The van der Waals surface area contributed by atoms with Crippen LogP contribution in [0.2, 0.25) is 18.1 Å². The van der Waals surface area contributed by atoms with Crippen molar-refractivity contribution in [1.29, 1.82) is 0 Å². The number of hydrogen-bond acceptors (Lipinski definition) is 8. The number of esters is 1. The lowest BCUT2D eigenvalue weighted by Gasteiger charge is -2.50. The van der Waals surface area contributed by atoms with Crippen molar-refractivity contribution in [2.24, 2.45) is 5.92 Å². The number of fused-ring (bicyclic) bond motifs is 2. The lowest BCUT2D eigenvalue weighted by atomic mass is 9.88. The van der Waals surface area contributed by atoms with E-state index in [2.05, 4.69) is 63.0 Å². The molecule has 3 fully saturated rings. The van der Waals surface area contributed by atoms with Crippen LogP contribution in [0.25, 0.3) is 0 Å². The highest BCUT2D eigenvalue weighted by atomic mass is 127. The van der Waals surface area contributed by atoms with Gasteiger partial charge in [0.25, 0.3) is 0 Å². The molecule has 0 aliphatic carbocycles. The van der Waals surface area contributed by atoms with Crippen LogP contribution in [-0.2, 0) is 33.0 Å². The summed E-state index contributed by atoms with van der Waals surface area (Å²) in [5.41, 5.74) is 0. The fraction of sp³-hybridized carbons (Fsp3) is 0.769. The number of carbonyl (C=O) groups excluding carboxylic acids is 2. The Kier molecular flexibility index (Phi) is 9.53. The number of carbonyl (C=O) groups is 2. The second-order valence-electron chi connectivity index (χ2n) is 11.7. The molecule has 10 heteroatoms. The summed E-state index contributed by atoms with van der Waals surface area (Å²) in [5.74, 6) is -0.524. The Balaban J connectivity index is 1.90. The summed E-state index contributed by atoms with van der Waals surface area (Å²) in [6.45, 7) is 16.5. The number of methoxy groups -OCH3 is 1. The summed E-state index contributed by atoms with van der Waals surface area (Å²) in [6, 6.07) is 0. The molecule has 1 N–H and O–H groups in total. The van der Waals surface area contributed by atoms with Crippen LogP contribution in [0.15, 0.2) is 22.0 Å². The zero-order valence-electron chi connectivity index (χ0n) is 22.4. The van der Waals surface area contributed by atoms with E-state index in [4.69, 9.17) is 23.4 Å². The van der Waals surface area contributed by atoms with Gasteiger partial charge in [-0.15, -0.1) is 0 Å². The normalized spacial score (nSPS) is 34.4. The molecule has 0 aromatic carbocycles. The monoisotopic (exact) mass is 636 g/mol. The van der Waals surface area contributed by atoms with E-state index in [-0.39, 0.29) is 47.1 Å². The minimum atomic E-state index is -2.29. The largest absolute Gasteiger partial charge is 0.486 e. The lowest BCUT2D eigenvalue weighted by Crippen LogP contribution is -2.64. The number of hydrogen-bond donors (Lipinski definition) is 1. The van der Waals surface area contributed by atoms with E-state index in [1.165, 1.54) is 13.2 Å². The summed E-state index contributed by atoms with van der Waals surface area (Å²) >= 11 is 2.11. The minimum absolute atomic E-state index is 0.0699. The van der Waals surface area contributed by atoms with Gasteiger partial charge in [-0.25, -0.2) is 0 Å². The van der Waals surface area contributed by atoms with Crippen LogP contribution >= 0.6 is 22.6 Å². The Morgan fingerprint density at radius 1 is 1.22 bits per heavy atom. The van der Waals surface area contributed by atoms with Crippen molar-refractivity contribution in [3.63, 3.8) is 0 Å². The molecule has 0 spiro atoms. The van der Waals surface area contributed by atoms with E-state index in [1.54, 1.807) is 0 Å². The van der Waals surface area contributed by atoms with Crippen LogP contribution in [0.5, 0.6) is 0 Å². The maximum Gasteiger partial charge on any atom is 0.308 e. The average molecular weight is 637 g/mol. The number of ketones is 1. The second kappa shape index (κ2) is 11.5. The highest BCUT2D eigenvalue weighted by Gasteiger charge is 2.59. The lowest BCUT2D eigenvalue weighted by molar-refractivity contribution is -0.255. The standard InChI is InChI=1S/C26H41IO8Si/c1-14(11-15(2)27)17(28)13-19-21(30)23-24(34-19)25(35-36(7,8)26(3,4)5)22-18(33-23)10-9-16(32-22)12-20(29)31-6/h13-14,16,18,21-25,30H,2,9-12H2,1,3-8H3/b19-13-/t14-,16?,18-,21?,22-,23?,24?,25?/m0/s1. The number of allylic oxidation sites excluding steroid dienone is 2. The molecule has 3 saturated heterocycles. The molecule has 3 rings (SSSR count). The van der Waals surface area contributed by atoms with Gasteiger partial charge in [0.05, 0.1) is 25.7 Å². The van der Waals surface area contributed by atoms with Gasteiger partial charge in [-0.2, -0.15) is 0 Å². The zero-order chi connectivity index (χ0) is 27.0. The molecular formula is C26H41IO8Si. The van der Waals surface area contributed by atoms with Crippen LogP contribution in [0.1, 0.15) is 53.4 Å². The fourth-order valence-electron chi connectivity index (χ4n) is 4.66.